The van der Waals surface area contributed by atoms with Crippen molar-refractivity contribution in [2.45, 2.75) is 72.1 Å². The third kappa shape index (κ3) is 15.2. The van der Waals surface area contributed by atoms with Crippen molar-refractivity contribution in [1.82, 2.24) is 0 Å². The van der Waals surface area contributed by atoms with Gasteiger partial charge < -0.3 is 23.8 Å². The van der Waals surface area contributed by atoms with Crippen LogP contribution < -0.4 is 14.4 Å². The summed E-state index contributed by atoms with van der Waals surface area (Å²) in [6.45, 7) is 15.8. The standard InChI is InChI=1S/C41H51N7O10/c1-6-20-46(21-7-2)31-16-18-33(30(5)26-31)42-44-35-28-39(56-23-13-11-15-25-58-41(50)9-4)36(29-38(35)55-22-12-10-14-24-57-40(49)8-3)45-43-34-19-17-32(47(51)52)27-37(34)48(53)54/h8-9,16-19,26-29H,3-4,6-7,10-15,20-25H2,1-2,5H3/b44-42+,45-43+. The summed E-state index contributed by atoms with van der Waals surface area (Å²) in [5, 5.41) is 40.6. The van der Waals surface area contributed by atoms with Crippen LogP contribution in [0.5, 0.6) is 11.5 Å². The highest BCUT2D eigenvalue weighted by atomic mass is 16.6. The number of benzene rings is 3. The van der Waals surface area contributed by atoms with Crippen molar-refractivity contribution in [3.05, 3.63) is 99.6 Å². The van der Waals surface area contributed by atoms with E-state index in [-0.39, 0.29) is 49.3 Å². The first kappa shape index (κ1) is 45.9. The summed E-state index contributed by atoms with van der Waals surface area (Å²) in [5.74, 6) is -0.499. The number of nitro benzene ring substituents is 2. The average molecular weight is 802 g/mol. The molecule has 0 bridgehead atoms. The Morgan fingerprint density at radius 2 is 1.14 bits per heavy atom. The number of aryl methyl sites for hydroxylation is 1. The number of carbonyl (C=O) groups excluding carboxylic acids is 2. The van der Waals surface area contributed by atoms with E-state index in [1.807, 2.05) is 19.1 Å². The average Bonchev–Trinajstić information content (AvgIpc) is 3.21. The molecular weight excluding hydrogens is 750 g/mol. The molecule has 0 amide bonds. The summed E-state index contributed by atoms with van der Waals surface area (Å²) in [5.41, 5.74) is 1.83. The van der Waals surface area contributed by atoms with Crippen LogP contribution in [0.15, 0.2) is 94.3 Å². The number of carbonyl (C=O) groups is 2. The fraction of sp³-hybridized carbons (Fsp3) is 0.415. The monoisotopic (exact) mass is 801 g/mol. The lowest BCUT2D eigenvalue weighted by Gasteiger charge is -2.24. The lowest BCUT2D eigenvalue weighted by molar-refractivity contribution is -0.393. The molecule has 58 heavy (non-hydrogen) atoms. The van der Waals surface area contributed by atoms with Gasteiger partial charge in [-0.05, 0) is 88.1 Å². The number of rotatable bonds is 27. The number of non-ortho nitro benzene ring substituents is 1. The maximum absolute atomic E-state index is 11.8. The minimum absolute atomic E-state index is 0.144. The van der Waals surface area contributed by atoms with Crippen molar-refractivity contribution < 1.29 is 38.4 Å². The van der Waals surface area contributed by atoms with E-state index in [0.29, 0.717) is 49.9 Å². The Bertz CT molecular complexity index is 1940. The topological polar surface area (TPSA) is 210 Å². The lowest BCUT2D eigenvalue weighted by Crippen LogP contribution is -2.24. The highest BCUT2D eigenvalue weighted by molar-refractivity contribution is 5.81. The number of ether oxygens (including phenoxy) is 4. The third-order valence-electron chi connectivity index (χ3n) is 8.39. The van der Waals surface area contributed by atoms with Gasteiger partial charge in [0.05, 0.1) is 48.0 Å². The zero-order valence-corrected chi connectivity index (χ0v) is 33.3. The van der Waals surface area contributed by atoms with Crippen LogP contribution >= 0.6 is 0 Å². The molecule has 0 unspecified atom stereocenters. The minimum Gasteiger partial charge on any atom is -0.491 e. The molecule has 17 nitrogen and oxygen atoms in total. The van der Waals surface area contributed by atoms with Gasteiger partial charge in [-0.25, -0.2) is 9.59 Å². The maximum atomic E-state index is 11.8. The molecule has 0 saturated carbocycles. The number of azo groups is 2. The molecular formula is C41H51N7O10. The van der Waals surface area contributed by atoms with Crippen LogP contribution in [-0.4, -0.2) is 61.3 Å². The van der Waals surface area contributed by atoms with Gasteiger partial charge in [-0.1, -0.05) is 27.0 Å². The molecule has 0 saturated heterocycles. The quantitative estimate of drug-likeness (QED) is 0.0177. The number of unbranched alkanes of at least 4 members (excludes halogenated alkanes) is 4. The normalized spacial score (nSPS) is 11.0. The summed E-state index contributed by atoms with van der Waals surface area (Å²) in [6, 6.07) is 12.2. The molecule has 0 heterocycles. The summed E-state index contributed by atoms with van der Waals surface area (Å²) in [7, 11) is 0. The fourth-order valence-corrected chi connectivity index (χ4v) is 5.45. The van der Waals surface area contributed by atoms with Gasteiger partial charge >= 0.3 is 17.6 Å². The maximum Gasteiger partial charge on any atom is 0.330 e. The van der Waals surface area contributed by atoms with Crippen molar-refractivity contribution >= 4 is 51.8 Å². The van der Waals surface area contributed by atoms with Crippen molar-refractivity contribution in [3.8, 4) is 11.5 Å². The zero-order chi connectivity index (χ0) is 42.3. The number of hydrogen-bond acceptors (Lipinski definition) is 15. The summed E-state index contributed by atoms with van der Waals surface area (Å²) >= 11 is 0. The second-order valence-corrected chi connectivity index (χ2v) is 12.9. The van der Waals surface area contributed by atoms with E-state index in [0.717, 1.165) is 67.5 Å². The summed E-state index contributed by atoms with van der Waals surface area (Å²) in [6.07, 6.45) is 7.96. The third-order valence-corrected chi connectivity index (χ3v) is 8.39. The van der Waals surface area contributed by atoms with Gasteiger partial charge in [0.2, 0.25) is 0 Å². The Kier molecular flexibility index (Phi) is 19.7. The number of nitro groups is 2. The van der Waals surface area contributed by atoms with Gasteiger partial charge in [0, 0.05) is 49.1 Å². The molecule has 3 aromatic rings. The second-order valence-electron chi connectivity index (χ2n) is 12.9. The van der Waals surface area contributed by atoms with E-state index in [4.69, 9.17) is 18.9 Å². The number of hydrogen-bond donors (Lipinski definition) is 0. The van der Waals surface area contributed by atoms with Gasteiger partial charge in [0.25, 0.3) is 5.69 Å². The number of nitrogens with zero attached hydrogens (tertiary/aromatic N) is 7. The fourth-order valence-electron chi connectivity index (χ4n) is 5.45. The molecule has 17 heteroatoms. The molecule has 310 valence electrons. The molecule has 0 aliphatic carbocycles. The predicted octanol–water partition coefficient (Wildman–Crippen LogP) is 10.8. The van der Waals surface area contributed by atoms with Gasteiger partial charge in [-0.15, -0.1) is 15.3 Å². The van der Waals surface area contributed by atoms with Crippen molar-refractivity contribution in [2.75, 3.05) is 44.4 Å². The van der Waals surface area contributed by atoms with Crippen LogP contribution in [0.1, 0.15) is 70.8 Å². The first-order valence-electron chi connectivity index (χ1n) is 19.1. The van der Waals surface area contributed by atoms with Crippen LogP contribution in [0.4, 0.5) is 39.8 Å². The predicted molar refractivity (Wildman–Crippen MR) is 220 cm³/mol. The van der Waals surface area contributed by atoms with Crippen LogP contribution in [0.25, 0.3) is 0 Å². The van der Waals surface area contributed by atoms with Gasteiger partial charge in [-0.2, -0.15) is 5.11 Å². The Hall–Kier alpha value is -6.52. The Morgan fingerprint density at radius 1 is 0.655 bits per heavy atom. The van der Waals surface area contributed by atoms with Gasteiger partial charge in [0.1, 0.15) is 22.9 Å². The Morgan fingerprint density at radius 3 is 1.60 bits per heavy atom. The number of esters is 2. The zero-order valence-electron chi connectivity index (χ0n) is 33.3. The van der Waals surface area contributed by atoms with Gasteiger partial charge in [0.15, 0.2) is 5.69 Å². The summed E-state index contributed by atoms with van der Waals surface area (Å²) in [4.78, 5) is 46.7. The SMILES string of the molecule is C=CC(=O)OCCCCCOc1cc(/N=N/c2ccc([N+](=O)[O-])cc2[N+](=O)[O-])c(OCCCCCOC(=O)C=C)cc1/N=N/c1ccc(N(CCC)CCC)cc1C. The molecule has 3 rings (SSSR count). The van der Waals surface area contributed by atoms with Gasteiger partial charge in [-0.3, -0.25) is 20.2 Å². The first-order chi connectivity index (χ1) is 28.0. The van der Waals surface area contributed by atoms with E-state index >= 15 is 0 Å². The van der Waals surface area contributed by atoms with Crippen LogP contribution in [0, 0.1) is 27.2 Å². The van der Waals surface area contributed by atoms with E-state index < -0.39 is 33.2 Å². The van der Waals surface area contributed by atoms with Crippen LogP contribution in [0.3, 0.4) is 0 Å². The molecule has 0 N–H and O–H groups in total. The highest BCUT2D eigenvalue weighted by Gasteiger charge is 2.20. The Labute approximate surface area is 337 Å². The molecule has 0 aliphatic heterocycles. The van der Waals surface area contributed by atoms with Crippen molar-refractivity contribution in [2.24, 2.45) is 20.5 Å². The molecule has 0 atom stereocenters. The van der Waals surface area contributed by atoms with E-state index in [9.17, 15) is 29.8 Å². The van der Waals surface area contributed by atoms with Crippen molar-refractivity contribution in [3.63, 3.8) is 0 Å². The highest BCUT2D eigenvalue weighted by Crippen LogP contribution is 2.43. The largest absolute Gasteiger partial charge is 0.491 e. The van der Waals surface area contributed by atoms with E-state index in [1.165, 1.54) is 6.07 Å². The first-order valence-corrected chi connectivity index (χ1v) is 19.1. The minimum atomic E-state index is -0.777. The van der Waals surface area contributed by atoms with Crippen LogP contribution in [0.2, 0.25) is 0 Å². The molecule has 0 aliphatic rings. The molecule has 0 spiro atoms. The molecule has 0 aromatic heterocycles. The Balaban J connectivity index is 2.01. The molecule has 0 radical (unpaired) electrons. The van der Waals surface area contributed by atoms with Crippen LogP contribution in [-0.2, 0) is 19.1 Å². The van der Waals surface area contributed by atoms with Crippen molar-refractivity contribution in [1.29, 1.82) is 0 Å². The lowest BCUT2D eigenvalue weighted by atomic mass is 10.1. The molecule has 3 aromatic carbocycles. The van der Waals surface area contributed by atoms with E-state index in [1.54, 1.807) is 6.07 Å². The smallest absolute Gasteiger partial charge is 0.330 e. The van der Waals surface area contributed by atoms with E-state index in [2.05, 4.69) is 58.4 Å². The molecule has 0 fully saturated rings. The second kappa shape index (κ2) is 24.9. The number of anilines is 1. The summed E-state index contributed by atoms with van der Waals surface area (Å²) < 4.78 is 22.4.